The van der Waals surface area contributed by atoms with Crippen LogP contribution >= 0.6 is 0 Å². The first-order valence-corrected chi connectivity index (χ1v) is 4.44. The molecule has 0 fully saturated rings. The van der Waals surface area contributed by atoms with E-state index in [0.29, 0.717) is 24.3 Å². The number of nitrogens with two attached hydrogens (primary N) is 1. The molecular weight excluding hydrogens is 182 g/mol. The lowest BCUT2D eigenvalue weighted by Gasteiger charge is -2.24. The summed E-state index contributed by atoms with van der Waals surface area (Å²) in [6.07, 6.45) is 0.664. The lowest BCUT2D eigenvalue weighted by atomic mass is 9.96. The zero-order valence-corrected chi connectivity index (χ0v) is 7.56. The van der Waals surface area contributed by atoms with Crippen molar-refractivity contribution in [2.45, 2.75) is 12.5 Å². The van der Waals surface area contributed by atoms with Crippen LogP contribution in [-0.2, 0) is 0 Å². The van der Waals surface area contributed by atoms with Gasteiger partial charge >= 0.3 is 5.97 Å². The van der Waals surface area contributed by atoms with Crippen molar-refractivity contribution in [2.75, 3.05) is 6.61 Å². The molecule has 1 heterocycles. The largest absolute Gasteiger partial charge is 0.493 e. The molecule has 0 spiro atoms. The minimum atomic E-state index is -0.956. The van der Waals surface area contributed by atoms with E-state index in [1.165, 1.54) is 0 Å². The molecule has 4 heteroatoms. The van der Waals surface area contributed by atoms with Gasteiger partial charge in [0.25, 0.3) is 0 Å². The van der Waals surface area contributed by atoms with Gasteiger partial charge in [-0.05, 0) is 12.1 Å². The van der Waals surface area contributed by atoms with Crippen LogP contribution in [0.3, 0.4) is 0 Å². The van der Waals surface area contributed by atoms with E-state index < -0.39 is 5.97 Å². The highest BCUT2D eigenvalue weighted by Crippen LogP contribution is 2.33. The Kier molecular flexibility index (Phi) is 2.13. The molecule has 0 saturated heterocycles. The fourth-order valence-corrected chi connectivity index (χ4v) is 1.68. The number of fused-ring (bicyclic) bond motifs is 1. The van der Waals surface area contributed by atoms with E-state index >= 15 is 0 Å². The van der Waals surface area contributed by atoms with E-state index in [1.54, 1.807) is 18.2 Å². The predicted molar refractivity (Wildman–Crippen MR) is 50.4 cm³/mol. The third-order valence-corrected chi connectivity index (χ3v) is 2.35. The summed E-state index contributed by atoms with van der Waals surface area (Å²) in [5.74, 6) is -0.355. The first-order valence-electron chi connectivity index (χ1n) is 4.44. The second-order valence-electron chi connectivity index (χ2n) is 3.27. The normalized spacial score (nSPS) is 19.6. The minimum absolute atomic E-state index is 0.231. The molecule has 1 atom stereocenters. The molecule has 14 heavy (non-hydrogen) atoms. The minimum Gasteiger partial charge on any atom is -0.493 e. The molecule has 0 saturated carbocycles. The first kappa shape index (κ1) is 9.02. The maximum absolute atomic E-state index is 10.9. The van der Waals surface area contributed by atoms with Crippen molar-refractivity contribution in [3.8, 4) is 5.75 Å². The van der Waals surface area contributed by atoms with Crippen LogP contribution in [0, 0.1) is 0 Å². The van der Waals surface area contributed by atoms with E-state index in [-0.39, 0.29) is 11.6 Å². The second kappa shape index (κ2) is 3.31. The quantitative estimate of drug-likeness (QED) is 0.702. The highest BCUT2D eigenvalue weighted by atomic mass is 16.5. The highest BCUT2D eigenvalue weighted by Gasteiger charge is 2.23. The Balaban J connectivity index is 2.57. The second-order valence-corrected chi connectivity index (χ2v) is 3.27. The van der Waals surface area contributed by atoms with Crippen molar-refractivity contribution < 1.29 is 14.6 Å². The average molecular weight is 193 g/mol. The molecule has 1 aliphatic rings. The van der Waals surface area contributed by atoms with Gasteiger partial charge < -0.3 is 15.6 Å². The zero-order chi connectivity index (χ0) is 10.1. The number of carboxylic acid groups (broad SMARTS) is 1. The number of carboxylic acids is 1. The van der Waals surface area contributed by atoms with Crippen molar-refractivity contribution >= 4 is 5.97 Å². The van der Waals surface area contributed by atoms with Crippen LogP contribution in [0.2, 0.25) is 0 Å². The summed E-state index contributed by atoms with van der Waals surface area (Å²) in [4.78, 5) is 10.9. The molecule has 0 aromatic heterocycles. The fraction of sp³-hybridized carbons (Fsp3) is 0.300. The van der Waals surface area contributed by atoms with Gasteiger partial charge in [0.15, 0.2) is 0 Å². The molecule has 0 radical (unpaired) electrons. The van der Waals surface area contributed by atoms with Gasteiger partial charge in [0.05, 0.1) is 12.2 Å². The number of aromatic carboxylic acids is 1. The zero-order valence-electron chi connectivity index (χ0n) is 7.56. The van der Waals surface area contributed by atoms with Crippen molar-refractivity contribution in [1.82, 2.24) is 0 Å². The molecule has 4 nitrogen and oxygen atoms in total. The molecule has 0 aliphatic carbocycles. The molecule has 1 aromatic carbocycles. The smallest absolute Gasteiger partial charge is 0.336 e. The summed E-state index contributed by atoms with van der Waals surface area (Å²) in [6.45, 7) is 0.553. The third-order valence-electron chi connectivity index (χ3n) is 2.35. The Morgan fingerprint density at radius 2 is 2.36 bits per heavy atom. The number of hydrogen-bond acceptors (Lipinski definition) is 3. The molecule has 1 unspecified atom stereocenters. The monoisotopic (exact) mass is 193 g/mol. The van der Waals surface area contributed by atoms with Crippen molar-refractivity contribution in [2.24, 2.45) is 5.73 Å². The number of hydrogen-bond donors (Lipinski definition) is 2. The summed E-state index contributed by atoms with van der Waals surface area (Å²) in [5, 5.41) is 8.95. The molecular formula is C10H11NO3. The van der Waals surface area contributed by atoms with Crippen LogP contribution < -0.4 is 10.5 Å². The number of carbonyl (C=O) groups is 1. The van der Waals surface area contributed by atoms with E-state index in [0.717, 1.165) is 0 Å². The van der Waals surface area contributed by atoms with Gasteiger partial charge in [0, 0.05) is 18.0 Å². The van der Waals surface area contributed by atoms with E-state index in [2.05, 4.69) is 0 Å². The van der Waals surface area contributed by atoms with E-state index in [1.807, 2.05) is 0 Å². The predicted octanol–water partition coefficient (Wildman–Crippen LogP) is 1.17. The van der Waals surface area contributed by atoms with Crippen LogP contribution in [0.25, 0.3) is 0 Å². The molecule has 74 valence electrons. The number of ether oxygens (including phenoxy) is 1. The van der Waals surface area contributed by atoms with Crippen molar-refractivity contribution in [1.29, 1.82) is 0 Å². The Morgan fingerprint density at radius 1 is 1.57 bits per heavy atom. The maximum Gasteiger partial charge on any atom is 0.336 e. The third kappa shape index (κ3) is 1.33. The van der Waals surface area contributed by atoms with Gasteiger partial charge in [-0.15, -0.1) is 0 Å². The SMILES string of the molecule is NC1CCOc2cccc(C(=O)O)c21. The molecule has 1 aliphatic heterocycles. The summed E-state index contributed by atoms with van der Waals surface area (Å²) in [7, 11) is 0. The maximum atomic E-state index is 10.9. The number of benzene rings is 1. The van der Waals surface area contributed by atoms with Gasteiger partial charge in [0.1, 0.15) is 5.75 Å². The summed E-state index contributed by atoms with van der Waals surface area (Å²) < 4.78 is 5.34. The Hall–Kier alpha value is -1.55. The summed E-state index contributed by atoms with van der Waals surface area (Å²) in [5.41, 5.74) is 6.70. The lowest BCUT2D eigenvalue weighted by molar-refractivity contribution is 0.0693. The standard InChI is InChI=1S/C10H11NO3/c11-7-4-5-14-8-3-1-2-6(9(7)8)10(12)13/h1-3,7H,4-5,11H2,(H,12,13). The highest BCUT2D eigenvalue weighted by molar-refractivity contribution is 5.90. The van der Waals surface area contributed by atoms with E-state index in [4.69, 9.17) is 15.6 Å². The van der Waals surface area contributed by atoms with Crippen LogP contribution in [0.5, 0.6) is 5.75 Å². The Labute approximate surface area is 81.3 Å². The molecule has 3 N–H and O–H groups in total. The molecule has 0 bridgehead atoms. The van der Waals surface area contributed by atoms with Gasteiger partial charge in [-0.2, -0.15) is 0 Å². The summed E-state index contributed by atoms with van der Waals surface area (Å²) in [6, 6.07) is 4.74. The van der Waals surface area contributed by atoms with Crippen LogP contribution in [-0.4, -0.2) is 17.7 Å². The topological polar surface area (TPSA) is 72.5 Å². The molecule has 2 rings (SSSR count). The molecule has 1 aromatic rings. The van der Waals surface area contributed by atoms with Gasteiger partial charge in [-0.3, -0.25) is 0 Å². The van der Waals surface area contributed by atoms with Crippen molar-refractivity contribution in [3.05, 3.63) is 29.3 Å². The lowest BCUT2D eigenvalue weighted by Crippen LogP contribution is -2.23. The number of rotatable bonds is 1. The van der Waals surface area contributed by atoms with Crippen molar-refractivity contribution in [3.63, 3.8) is 0 Å². The van der Waals surface area contributed by atoms with Crippen LogP contribution in [0.4, 0.5) is 0 Å². The van der Waals surface area contributed by atoms with Gasteiger partial charge in [0.2, 0.25) is 0 Å². The Morgan fingerprint density at radius 3 is 3.07 bits per heavy atom. The fourth-order valence-electron chi connectivity index (χ4n) is 1.68. The Bertz CT molecular complexity index is 376. The van der Waals surface area contributed by atoms with Crippen LogP contribution in [0.15, 0.2) is 18.2 Å². The van der Waals surface area contributed by atoms with E-state index in [9.17, 15) is 4.79 Å². The molecule has 0 amide bonds. The van der Waals surface area contributed by atoms with Gasteiger partial charge in [-0.25, -0.2) is 4.79 Å². The van der Waals surface area contributed by atoms with Gasteiger partial charge in [-0.1, -0.05) is 6.07 Å². The van der Waals surface area contributed by atoms with Crippen LogP contribution in [0.1, 0.15) is 28.4 Å². The average Bonchev–Trinajstić information content (AvgIpc) is 2.17. The first-order chi connectivity index (χ1) is 6.70. The summed E-state index contributed by atoms with van der Waals surface area (Å²) >= 11 is 0.